The SMILES string of the molecule is COc1ccc2[nH]cc(CCN3C(=O)[C@H](CC(=O)Nc4ccccc4)n4c3nc3ccccc34)c2c1. The Morgan fingerprint density at radius 3 is 2.72 bits per heavy atom. The molecule has 180 valence electrons. The molecule has 0 radical (unpaired) electrons. The van der Waals surface area contributed by atoms with Gasteiger partial charge in [-0.3, -0.25) is 19.1 Å². The Bertz CT molecular complexity index is 1590. The molecule has 0 saturated carbocycles. The van der Waals surface area contributed by atoms with Crippen LogP contribution in [-0.4, -0.2) is 40.0 Å². The van der Waals surface area contributed by atoms with E-state index in [-0.39, 0.29) is 18.2 Å². The van der Waals surface area contributed by atoms with Crippen molar-refractivity contribution in [1.82, 2.24) is 14.5 Å². The van der Waals surface area contributed by atoms with E-state index in [1.807, 2.05) is 83.6 Å². The third-order valence-corrected chi connectivity index (χ3v) is 6.70. The molecule has 0 aliphatic carbocycles. The lowest BCUT2D eigenvalue weighted by Crippen LogP contribution is -2.33. The molecule has 0 saturated heterocycles. The number of H-pyrrole nitrogens is 1. The number of benzene rings is 3. The van der Waals surface area contributed by atoms with Gasteiger partial charge in [-0.2, -0.15) is 0 Å². The van der Waals surface area contributed by atoms with Crippen molar-refractivity contribution in [3.8, 4) is 5.75 Å². The number of methoxy groups -OCH3 is 1. The first-order chi connectivity index (χ1) is 17.6. The van der Waals surface area contributed by atoms with Crippen LogP contribution < -0.4 is 15.0 Å². The van der Waals surface area contributed by atoms with Crippen molar-refractivity contribution in [3.63, 3.8) is 0 Å². The van der Waals surface area contributed by atoms with E-state index in [2.05, 4.69) is 10.3 Å². The number of hydrogen-bond acceptors (Lipinski definition) is 4. The molecule has 1 aliphatic rings. The molecule has 8 nitrogen and oxygen atoms in total. The Labute approximate surface area is 207 Å². The second-order valence-electron chi connectivity index (χ2n) is 8.87. The molecule has 3 aromatic carbocycles. The largest absolute Gasteiger partial charge is 0.497 e. The Kier molecular flexibility index (Phi) is 5.41. The lowest BCUT2D eigenvalue weighted by Gasteiger charge is -2.16. The lowest BCUT2D eigenvalue weighted by atomic mass is 10.1. The summed E-state index contributed by atoms with van der Waals surface area (Å²) in [6, 6.07) is 22.2. The second kappa shape index (κ2) is 8.88. The highest BCUT2D eigenvalue weighted by atomic mass is 16.5. The topological polar surface area (TPSA) is 92.2 Å². The van der Waals surface area contributed by atoms with Gasteiger partial charge in [0.2, 0.25) is 11.9 Å². The molecule has 8 heteroatoms. The minimum atomic E-state index is -0.654. The van der Waals surface area contributed by atoms with Crippen molar-refractivity contribution in [2.45, 2.75) is 18.9 Å². The van der Waals surface area contributed by atoms with E-state index >= 15 is 0 Å². The van der Waals surface area contributed by atoms with Crippen LogP contribution in [0.15, 0.2) is 79.0 Å². The van der Waals surface area contributed by atoms with E-state index in [1.54, 1.807) is 12.0 Å². The second-order valence-corrected chi connectivity index (χ2v) is 8.87. The van der Waals surface area contributed by atoms with Crippen LogP contribution in [-0.2, 0) is 16.0 Å². The predicted octanol–water partition coefficient (Wildman–Crippen LogP) is 4.69. The van der Waals surface area contributed by atoms with Gasteiger partial charge in [0.05, 0.1) is 24.6 Å². The van der Waals surface area contributed by atoms with E-state index in [0.717, 1.165) is 33.2 Å². The summed E-state index contributed by atoms with van der Waals surface area (Å²) in [4.78, 5) is 36.3. The zero-order valence-corrected chi connectivity index (χ0v) is 19.8. The summed E-state index contributed by atoms with van der Waals surface area (Å²) in [7, 11) is 1.65. The van der Waals surface area contributed by atoms with Crippen LogP contribution >= 0.6 is 0 Å². The highest BCUT2D eigenvalue weighted by molar-refractivity contribution is 6.05. The van der Waals surface area contributed by atoms with E-state index in [9.17, 15) is 9.59 Å². The van der Waals surface area contributed by atoms with Gasteiger partial charge in [-0.25, -0.2) is 4.98 Å². The van der Waals surface area contributed by atoms with Gasteiger partial charge in [-0.05, 0) is 54.4 Å². The van der Waals surface area contributed by atoms with Gasteiger partial charge in [0.15, 0.2) is 0 Å². The summed E-state index contributed by atoms with van der Waals surface area (Å²) in [5, 5.41) is 3.96. The molecule has 0 spiro atoms. The molecule has 2 aromatic heterocycles. The molecule has 1 aliphatic heterocycles. The number of imidazole rings is 1. The van der Waals surface area contributed by atoms with Gasteiger partial charge in [0.1, 0.15) is 11.8 Å². The van der Waals surface area contributed by atoms with Gasteiger partial charge in [0.25, 0.3) is 5.91 Å². The average Bonchev–Trinajstić information content (AvgIpc) is 3.55. The first-order valence-corrected chi connectivity index (χ1v) is 11.9. The number of aromatic nitrogens is 3. The van der Waals surface area contributed by atoms with Crippen LogP contribution in [0.25, 0.3) is 21.9 Å². The quantitative estimate of drug-likeness (QED) is 0.354. The molecule has 0 fully saturated rings. The minimum absolute atomic E-state index is 0.0296. The van der Waals surface area contributed by atoms with E-state index in [0.29, 0.717) is 24.6 Å². The monoisotopic (exact) mass is 479 g/mol. The van der Waals surface area contributed by atoms with E-state index < -0.39 is 6.04 Å². The third kappa shape index (κ3) is 3.76. The number of carbonyl (C=O) groups is 2. The molecule has 36 heavy (non-hydrogen) atoms. The van der Waals surface area contributed by atoms with E-state index in [4.69, 9.17) is 9.72 Å². The zero-order valence-electron chi connectivity index (χ0n) is 19.8. The third-order valence-electron chi connectivity index (χ3n) is 6.70. The Balaban J connectivity index is 1.29. The molecule has 3 heterocycles. The Morgan fingerprint density at radius 1 is 1.08 bits per heavy atom. The van der Waals surface area contributed by atoms with Crippen molar-refractivity contribution in [1.29, 1.82) is 0 Å². The number of ether oxygens (including phenoxy) is 1. The molecular formula is C28H25N5O3. The fourth-order valence-electron chi connectivity index (χ4n) is 4.94. The number of nitrogens with one attached hydrogen (secondary N) is 2. The molecule has 6 rings (SSSR count). The van der Waals surface area contributed by atoms with Gasteiger partial charge >= 0.3 is 0 Å². The Morgan fingerprint density at radius 2 is 1.89 bits per heavy atom. The van der Waals surface area contributed by atoms with Gasteiger partial charge in [-0.15, -0.1) is 0 Å². The maximum absolute atomic E-state index is 13.6. The van der Waals surface area contributed by atoms with Gasteiger partial charge in [0, 0.05) is 29.3 Å². The molecule has 0 bridgehead atoms. The van der Waals surface area contributed by atoms with Crippen molar-refractivity contribution in [2.75, 3.05) is 23.9 Å². The van der Waals surface area contributed by atoms with Crippen LogP contribution in [0.5, 0.6) is 5.75 Å². The smallest absolute Gasteiger partial charge is 0.253 e. The number of aromatic amines is 1. The summed E-state index contributed by atoms with van der Waals surface area (Å²) in [5.74, 6) is 1.03. The van der Waals surface area contributed by atoms with Gasteiger partial charge < -0.3 is 15.0 Å². The molecule has 0 unspecified atom stereocenters. The molecule has 5 aromatic rings. The number of carbonyl (C=O) groups excluding carboxylic acids is 2. The molecule has 2 amide bonds. The Hall–Kier alpha value is -4.59. The van der Waals surface area contributed by atoms with Gasteiger partial charge in [-0.1, -0.05) is 30.3 Å². The number of para-hydroxylation sites is 3. The molecule has 2 N–H and O–H groups in total. The normalized spacial score (nSPS) is 15.0. The van der Waals surface area contributed by atoms with Crippen LogP contribution in [0.4, 0.5) is 11.6 Å². The summed E-state index contributed by atoms with van der Waals surface area (Å²) >= 11 is 0. The predicted molar refractivity (Wildman–Crippen MR) is 139 cm³/mol. The number of anilines is 2. The van der Waals surface area contributed by atoms with Crippen LogP contribution in [0.1, 0.15) is 18.0 Å². The van der Waals surface area contributed by atoms with Crippen molar-refractivity contribution in [3.05, 3.63) is 84.6 Å². The van der Waals surface area contributed by atoms with Crippen molar-refractivity contribution < 1.29 is 14.3 Å². The number of amides is 2. The summed E-state index contributed by atoms with van der Waals surface area (Å²) in [6.45, 7) is 0.448. The summed E-state index contributed by atoms with van der Waals surface area (Å²) in [5.41, 5.74) is 4.45. The van der Waals surface area contributed by atoms with Crippen LogP contribution in [0.3, 0.4) is 0 Å². The summed E-state index contributed by atoms with van der Waals surface area (Å²) in [6.07, 6.45) is 2.63. The average molecular weight is 480 g/mol. The first kappa shape index (κ1) is 21.9. The number of nitrogens with zero attached hydrogens (tertiary/aromatic N) is 3. The lowest BCUT2D eigenvalue weighted by molar-refractivity contribution is -0.124. The maximum Gasteiger partial charge on any atom is 0.253 e. The fourth-order valence-corrected chi connectivity index (χ4v) is 4.94. The van der Waals surface area contributed by atoms with Crippen molar-refractivity contribution in [2.24, 2.45) is 0 Å². The van der Waals surface area contributed by atoms with Crippen LogP contribution in [0.2, 0.25) is 0 Å². The highest BCUT2D eigenvalue weighted by Crippen LogP contribution is 2.37. The molecular weight excluding hydrogens is 454 g/mol. The minimum Gasteiger partial charge on any atom is -0.497 e. The van der Waals surface area contributed by atoms with Crippen LogP contribution in [0, 0.1) is 0 Å². The highest BCUT2D eigenvalue weighted by Gasteiger charge is 2.40. The number of hydrogen-bond donors (Lipinski definition) is 2. The first-order valence-electron chi connectivity index (χ1n) is 11.9. The standard InChI is InChI=1S/C28H25N5O3/c1-36-20-11-12-22-21(15-20)18(17-29-22)13-14-32-27(35)25(16-26(34)30-19-7-3-2-4-8-19)33-24-10-6-5-9-23(24)31-28(32)33/h2-12,15,17,25,29H,13-14,16H2,1H3,(H,30,34)/t25-/m0/s1. The number of fused-ring (bicyclic) bond motifs is 4. The fraction of sp³-hybridized carbons (Fsp3) is 0.179. The van der Waals surface area contributed by atoms with E-state index in [1.165, 1.54) is 0 Å². The van der Waals surface area contributed by atoms with Crippen molar-refractivity contribution >= 4 is 45.4 Å². The zero-order chi connectivity index (χ0) is 24.6. The summed E-state index contributed by atoms with van der Waals surface area (Å²) < 4.78 is 7.29. The molecule has 1 atom stereocenters. The number of rotatable bonds is 7. The maximum atomic E-state index is 13.6.